The average Bonchev–Trinajstić information content (AvgIpc) is 2.41. The van der Waals surface area contributed by atoms with Gasteiger partial charge < -0.3 is 5.11 Å². The van der Waals surface area contributed by atoms with E-state index >= 15 is 0 Å². The van der Waals surface area contributed by atoms with E-state index < -0.39 is 5.41 Å². The van der Waals surface area contributed by atoms with Gasteiger partial charge in [-0.05, 0) is 11.1 Å². The van der Waals surface area contributed by atoms with Crippen molar-refractivity contribution >= 4 is 5.78 Å². The van der Waals surface area contributed by atoms with Crippen molar-refractivity contribution in [2.24, 2.45) is 0 Å². The maximum atomic E-state index is 12.2. The van der Waals surface area contributed by atoms with Gasteiger partial charge in [0.15, 0.2) is 5.78 Å². The van der Waals surface area contributed by atoms with Gasteiger partial charge in [0.1, 0.15) is 5.41 Å². The number of rotatable bonds is 2. The number of hydrogen-bond donors (Lipinski definition) is 1. The van der Waals surface area contributed by atoms with Crippen LogP contribution in [0.25, 0.3) is 0 Å². The molecule has 1 N–H and O–H groups in total. The lowest BCUT2D eigenvalue weighted by atomic mass is 9.60. The molecule has 0 fully saturated rings. The molecule has 3 rings (SSSR count). The van der Waals surface area contributed by atoms with Crippen molar-refractivity contribution in [1.82, 2.24) is 0 Å². The number of carbonyl (C=O) groups is 1. The highest BCUT2D eigenvalue weighted by Crippen LogP contribution is 2.45. The molecule has 0 saturated heterocycles. The Labute approximate surface area is 99.5 Å². The van der Waals surface area contributed by atoms with E-state index in [0.717, 1.165) is 16.7 Å². The summed E-state index contributed by atoms with van der Waals surface area (Å²) in [7, 11) is 0. The summed E-state index contributed by atoms with van der Waals surface area (Å²) >= 11 is 0. The van der Waals surface area contributed by atoms with Crippen LogP contribution in [0.15, 0.2) is 54.6 Å². The zero-order chi connectivity index (χ0) is 11.9. The molecule has 0 aliphatic heterocycles. The van der Waals surface area contributed by atoms with Gasteiger partial charge in [0, 0.05) is 5.56 Å². The van der Waals surface area contributed by atoms with Crippen LogP contribution < -0.4 is 0 Å². The second-order valence-corrected chi connectivity index (χ2v) is 4.30. The number of benzene rings is 2. The summed E-state index contributed by atoms with van der Waals surface area (Å²) < 4.78 is 0. The van der Waals surface area contributed by atoms with Crippen molar-refractivity contribution in [2.45, 2.75) is 5.41 Å². The van der Waals surface area contributed by atoms with E-state index in [0.29, 0.717) is 0 Å². The molecule has 0 heterocycles. The number of aliphatic hydroxyl groups excluding tert-OH is 1. The van der Waals surface area contributed by atoms with Crippen LogP contribution in [0.1, 0.15) is 21.5 Å². The van der Waals surface area contributed by atoms with Crippen LogP contribution in [-0.4, -0.2) is 17.5 Å². The Morgan fingerprint density at radius 2 is 1.59 bits per heavy atom. The predicted octanol–water partition coefficient (Wildman–Crippen LogP) is 2.16. The number of fused-ring (bicyclic) bond motifs is 1. The SMILES string of the molecule is O=C1c2ccccc2[C@]1(CO)c1ccccc1. The summed E-state index contributed by atoms with van der Waals surface area (Å²) in [5.41, 5.74) is 1.69. The van der Waals surface area contributed by atoms with Crippen LogP contribution in [-0.2, 0) is 5.41 Å². The fraction of sp³-hybridized carbons (Fsp3) is 0.133. The van der Waals surface area contributed by atoms with E-state index in [1.807, 2.05) is 54.6 Å². The fourth-order valence-electron chi connectivity index (χ4n) is 2.60. The van der Waals surface area contributed by atoms with Gasteiger partial charge in [-0.15, -0.1) is 0 Å². The maximum Gasteiger partial charge on any atom is 0.180 e. The van der Waals surface area contributed by atoms with E-state index in [2.05, 4.69) is 0 Å². The lowest BCUT2D eigenvalue weighted by molar-refractivity contribution is 0.0793. The smallest absolute Gasteiger partial charge is 0.180 e. The minimum Gasteiger partial charge on any atom is -0.395 e. The Balaban J connectivity index is 2.23. The van der Waals surface area contributed by atoms with Crippen LogP contribution in [0, 0.1) is 0 Å². The minimum atomic E-state index is -0.835. The Bertz CT molecular complexity index is 574. The third-order valence-electron chi connectivity index (χ3n) is 3.52. The third-order valence-corrected chi connectivity index (χ3v) is 3.52. The molecule has 1 atom stereocenters. The lowest BCUT2D eigenvalue weighted by Crippen LogP contribution is -2.50. The second-order valence-electron chi connectivity index (χ2n) is 4.30. The molecule has 84 valence electrons. The molecule has 1 aliphatic rings. The summed E-state index contributed by atoms with van der Waals surface area (Å²) in [6.07, 6.45) is 0. The summed E-state index contributed by atoms with van der Waals surface area (Å²) in [5, 5.41) is 9.69. The van der Waals surface area contributed by atoms with Gasteiger partial charge in [0.2, 0.25) is 0 Å². The Morgan fingerprint density at radius 1 is 0.941 bits per heavy atom. The lowest BCUT2D eigenvalue weighted by Gasteiger charge is -2.41. The van der Waals surface area contributed by atoms with E-state index in [4.69, 9.17) is 0 Å². The minimum absolute atomic E-state index is 0.0156. The highest BCUT2D eigenvalue weighted by atomic mass is 16.3. The molecule has 17 heavy (non-hydrogen) atoms. The first kappa shape index (κ1) is 10.2. The van der Waals surface area contributed by atoms with Gasteiger partial charge in [-0.3, -0.25) is 4.79 Å². The second kappa shape index (κ2) is 3.54. The number of hydrogen-bond acceptors (Lipinski definition) is 2. The monoisotopic (exact) mass is 224 g/mol. The summed E-state index contributed by atoms with van der Waals surface area (Å²) in [6.45, 7) is -0.174. The van der Waals surface area contributed by atoms with Crippen molar-refractivity contribution in [3.63, 3.8) is 0 Å². The van der Waals surface area contributed by atoms with Gasteiger partial charge in [-0.2, -0.15) is 0 Å². The molecule has 1 aliphatic carbocycles. The fourth-order valence-corrected chi connectivity index (χ4v) is 2.60. The topological polar surface area (TPSA) is 37.3 Å². The molecular formula is C15H12O2. The van der Waals surface area contributed by atoms with Crippen molar-refractivity contribution in [3.05, 3.63) is 71.3 Å². The summed E-state index contributed by atoms with van der Waals surface area (Å²) in [6, 6.07) is 17.0. The molecule has 2 aromatic carbocycles. The first-order valence-electron chi connectivity index (χ1n) is 5.61. The molecule has 0 saturated carbocycles. The maximum absolute atomic E-state index is 12.2. The highest BCUT2D eigenvalue weighted by molar-refractivity contribution is 6.16. The van der Waals surface area contributed by atoms with Gasteiger partial charge >= 0.3 is 0 Å². The molecule has 0 unspecified atom stereocenters. The highest BCUT2D eigenvalue weighted by Gasteiger charge is 2.51. The Morgan fingerprint density at radius 3 is 2.29 bits per heavy atom. The Kier molecular flexibility index (Phi) is 2.13. The zero-order valence-corrected chi connectivity index (χ0v) is 9.26. The average molecular weight is 224 g/mol. The molecule has 0 amide bonds. The van der Waals surface area contributed by atoms with E-state index in [1.165, 1.54) is 0 Å². The van der Waals surface area contributed by atoms with E-state index in [9.17, 15) is 9.90 Å². The number of carbonyl (C=O) groups excluding carboxylic acids is 1. The van der Waals surface area contributed by atoms with Gasteiger partial charge in [-0.1, -0.05) is 54.6 Å². The first-order chi connectivity index (χ1) is 8.30. The molecular weight excluding hydrogens is 212 g/mol. The summed E-state index contributed by atoms with van der Waals surface area (Å²) in [4.78, 5) is 12.2. The van der Waals surface area contributed by atoms with Gasteiger partial charge in [0.05, 0.1) is 6.61 Å². The van der Waals surface area contributed by atoms with Crippen LogP contribution in [0.4, 0.5) is 0 Å². The largest absolute Gasteiger partial charge is 0.395 e. The Hall–Kier alpha value is -1.93. The van der Waals surface area contributed by atoms with Crippen LogP contribution in [0.2, 0.25) is 0 Å². The number of Topliss-reactive ketones (excluding diaryl/α,β-unsaturated/α-hetero) is 1. The van der Waals surface area contributed by atoms with Crippen LogP contribution in [0.3, 0.4) is 0 Å². The molecule has 0 bridgehead atoms. The normalized spacial score (nSPS) is 21.8. The summed E-state index contributed by atoms with van der Waals surface area (Å²) in [5.74, 6) is 0.0156. The standard InChI is InChI=1S/C15H12O2/c16-10-15(11-6-2-1-3-7-11)13-9-5-4-8-12(13)14(15)17/h1-9,16H,10H2/t15-/m0/s1. The predicted molar refractivity (Wildman–Crippen MR) is 65.1 cm³/mol. The van der Waals surface area contributed by atoms with Crippen molar-refractivity contribution < 1.29 is 9.90 Å². The number of aliphatic hydroxyl groups is 1. The molecule has 2 heteroatoms. The van der Waals surface area contributed by atoms with Crippen molar-refractivity contribution in [3.8, 4) is 0 Å². The molecule has 2 aromatic rings. The van der Waals surface area contributed by atoms with E-state index in [1.54, 1.807) is 0 Å². The quantitative estimate of drug-likeness (QED) is 0.848. The molecule has 2 nitrogen and oxygen atoms in total. The zero-order valence-electron chi connectivity index (χ0n) is 9.26. The molecule has 0 aromatic heterocycles. The first-order valence-corrected chi connectivity index (χ1v) is 5.61. The molecule has 0 spiro atoms. The third kappa shape index (κ3) is 1.16. The number of ketones is 1. The van der Waals surface area contributed by atoms with Gasteiger partial charge in [0.25, 0.3) is 0 Å². The van der Waals surface area contributed by atoms with Crippen LogP contribution in [0.5, 0.6) is 0 Å². The van der Waals surface area contributed by atoms with Gasteiger partial charge in [-0.25, -0.2) is 0 Å². The van der Waals surface area contributed by atoms with Crippen molar-refractivity contribution in [2.75, 3.05) is 6.61 Å². The molecule has 0 radical (unpaired) electrons. The van der Waals surface area contributed by atoms with Crippen LogP contribution >= 0.6 is 0 Å². The van der Waals surface area contributed by atoms with Crippen molar-refractivity contribution in [1.29, 1.82) is 0 Å². The van der Waals surface area contributed by atoms with E-state index in [-0.39, 0.29) is 12.4 Å².